The van der Waals surface area contributed by atoms with Crippen LogP contribution in [0.25, 0.3) is 0 Å². The summed E-state index contributed by atoms with van der Waals surface area (Å²) in [7, 11) is 0. The van der Waals surface area contributed by atoms with Crippen molar-refractivity contribution < 1.29 is 18.7 Å². The summed E-state index contributed by atoms with van der Waals surface area (Å²) < 4.78 is 24.1. The number of thiophene rings is 1. The van der Waals surface area contributed by atoms with Crippen LogP contribution < -0.4 is 14.4 Å². The van der Waals surface area contributed by atoms with Gasteiger partial charge in [0.05, 0.1) is 0 Å². The lowest BCUT2D eigenvalue weighted by atomic mass is 10.2. The van der Waals surface area contributed by atoms with Gasteiger partial charge in [0.2, 0.25) is 0 Å². The van der Waals surface area contributed by atoms with Gasteiger partial charge in [0, 0.05) is 37.2 Å². The molecule has 2 aliphatic rings. The summed E-state index contributed by atoms with van der Waals surface area (Å²) >= 11 is 1.37. The maximum Gasteiger partial charge on any atom is 0.268 e. The van der Waals surface area contributed by atoms with Crippen molar-refractivity contribution in [3.63, 3.8) is 0 Å². The normalized spacial score (nSPS) is 17.0. The fourth-order valence-corrected chi connectivity index (χ4v) is 3.87. The number of halogens is 1. The molecule has 3 heterocycles. The minimum absolute atomic E-state index is 0.00879. The third-order valence-electron chi connectivity index (χ3n) is 4.25. The molecule has 1 aromatic heterocycles. The van der Waals surface area contributed by atoms with E-state index >= 15 is 0 Å². The van der Waals surface area contributed by atoms with Crippen LogP contribution in [-0.4, -0.2) is 50.2 Å². The highest BCUT2D eigenvalue weighted by Gasteiger charge is 2.29. The third-order valence-corrected chi connectivity index (χ3v) is 5.18. The van der Waals surface area contributed by atoms with Gasteiger partial charge < -0.3 is 19.3 Å². The monoisotopic (exact) mass is 348 g/mol. The first-order chi connectivity index (χ1) is 11.7. The summed E-state index contributed by atoms with van der Waals surface area (Å²) in [6.45, 7) is 3.70. The van der Waals surface area contributed by atoms with Crippen LogP contribution in [0.2, 0.25) is 0 Å². The fraction of sp³-hybridized carbons (Fsp3) is 0.353. The smallest absolute Gasteiger partial charge is 0.268 e. The number of hydrogen-bond donors (Lipinski definition) is 0. The first-order valence-corrected chi connectivity index (χ1v) is 8.77. The molecule has 4 rings (SSSR count). The van der Waals surface area contributed by atoms with Crippen LogP contribution in [0.4, 0.5) is 10.1 Å². The second-order valence-electron chi connectivity index (χ2n) is 5.71. The van der Waals surface area contributed by atoms with E-state index in [0.717, 1.165) is 18.8 Å². The third kappa shape index (κ3) is 2.80. The molecule has 0 saturated carbocycles. The summed E-state index contributed by atoms with van der Waals surface area (Å²) in [5, 5.41) is 1.83. The van der Waals surface area contributed by atoms with E-state index in [2.05, 4.69) is 4.90 Å². The second kappa shape index (κ2) is 6.32. The molecule has 0 atom stereocenters. The molecule has 0 spiro atoms. The first kappa shape index (κ1) is 15.3. The molecular weight excluding hydrogens is 331 g/mol. The van der Waals surface area contributed by atoms with Crippen LogP contribution in [0, 0.1) is 5.82 Å². The van der Waals surface area contributed by atoms with Gasteiger partial charge in [0.1, 0.15) is 23.9 Å². The predicted octanol–water partition coefficient (Wildman–Crippen LogP) is 2.62. The number of amides is 1. The molecule has 2 aliphatic heterocycles. The van der Waals surface area contributed by atoms with E-state index in [4.69, 9.17) is 9.47 Å². The van der Waals surface area contributed by atoms with Crippen LogP contribution in [0.1, 0.15) is 9.67 Å². The molecule has 126 valence electrons. The van der Waals surface area contributed by atoms with Crippen LogP contribution in [0.3, 0.4) is 0 Å². The molecule has 5 nitrogen and oxygen atoms in total. The van der Waals surface area contributed by atoms with Gasteiger partial charge in [0.15, 0.2) is 11.5 Å². The van der Waals surface area contributed by atoms with E-state index in [1.807, 2.05) is 10.3 Å². The quantitative estimate of drug-likeness (QED) is 0.837. The number of ether oxygens (including phenoxy) is 2. The minimum Gasteiger partial charge on any atom is -0.485 e. The van der Waals surface area contributed by atoms with Crippen molar-refractivity contribution in [2.75, 3.05) is 44.3 Å². The number of hydrogen-bond acceptors (Lipinski definition) is 5. The highest BCUT2D eigenvalue weighted by molar-refractivity contribution is 7.12. The second-order valence-corrected chi connectivity index (χ2v) is 6.59. The van der Waals surface area contributed by atoms with Crippen LogP contribution in [0.5, 0.6) is 11.5 Å². The molecule has 1 amide bonds. The van der Waals surface area contributed by atoms with Gasteiger partial charge in [-0.3, -0.25) is 4.79 Å². The number of anilines is 1. The molecule has 0 N–H and O–H groups in total. The Bertz CT molecular complexity index is 739. The van der Waals surface area contributed by atoms with Crippen molar-refractivity contribution in [3.8, 4) is 11.5 Å². The number of benzene rings is 1. The van der Waals surface area contributed by atoms with E-state index in [0.29, 0.717) is 42.7 Å². The van der Waals surface area contributed by atoms with E-state index in [1.165, 1.54) is 23.5 Å². The number of rotatable bonds is 2. The van der Waals surface area contributed by atoms with E-state index < -0.39 is 0 Å². The number of carbonyl (C=O) groups excluding carboxylic acids is 1. The Balaban J connectivity index is 1.43. The van der Waals surface area contributed by atoms with Gasteiger partial charge >= 0.3 is 0 Å². The maximum atomic E-state index is 13.0. The average Bonchev–Trinajstić information content (AvgIpc) is 3.06. The van der Waals surface area contributed by atoms with Gasteiger partial charge in [-0.1, -0.05) is 0 Å². The summed E-state index contributed by atoms with van der Waals surface area (Å²) in [5.74, 6) is 1.000. The fourth-order valence-electron chi connectivity index (χ4n) is 2.97. The van der Waals surface area contributed by atoms with E-state index in [-0.39, 0.29) is 11.7 Å². The Labute approximate surface area is 143 Å². The standard InChI is InChI=1S/C17H17FN2O3S/c18-12-1-3-13(4-2-12)19-5-7-20(8-6-19)17(21)16-15-14(11-24-16)22-9-10-23-15/h1-4,11H,5-10H2. The lowest BCUT2D eigenvalue weighted by molar-refractivity contribution is 0.0743. The number of fused-ring (bicyclic) bond motifs is 1. The summed E-state index contributed by atoms with van der Waals surface area (Å²) in [4.78, 5) is 17.4. The van der Waals surface area contributed by atoms with Crippen LogP contribution >= 0.6 is 11.3 Å². The van der Waals surface area contributed by atoms with Crippen molar-refractivity contribution in [3.05, 3.63) is 40.3 Å². The van der Waals surface area contributed by atoms with Crippen molar-refractivity contribution in [1.29, 1.82) is 0 Å². The van der Waals surface area contributed by atoms with Gasteiger partial charge in [-0.25, -0.2) is 4.39 Å². The zero-order valence-electron chi connectivity index (χ0n) is 13.0. The molecule has 2 aromatic rings. The van der Waals surface area contributed by atoms with Gasteiger partial charge in [-0.15, -0.1) is 11.3 Å². The van der Waals surface area contributed by atoms with Crippen LogP contribution in [-0.2, 0) is 0 Å². The molecule has 1 fully saturated rings. The largest absolute Gasteiger partial charge is 0.485 e. The Hall–Kier alpha value is -2.28. The van der Waals surface area contributed by atoms with Crippen molar-refractivity contribution in [1.82, 2.24) is 4.90 Å². The summed E-state index contributed by atoms with van der Waals surface area (Å²) in [6, 6.07) is 6.46. The predicted molar refractivity (Wildman–Crippen MR) is 89.8 cm³/mol. The lowest BCUT2D eigenvalue weighted by Crippen LogP contribution is -2.48. The summed E-state index contributed by atoms with van der Waals surface area (Å²) in [6.07, 6.45) is 0. The molecule has 0 radical (unpaired) electrons. The van der Waals surface area contributed by atoms with Gasteiger partial charge in [0.25, 0.3) is 5.91 Å². The minimum atomic E-state index is -0.239. The molecule has 24 heavy (non-hydrogen) atoms. The molecule has 1 aromatic carbocycles. The van der Waals surface area contributed by atoms with Crippen molar-refractivity contribution in [2.45, 2.75) is 0 Å². The molecule has 0 unspecified atom stereocenters. The van der Waals surface area contributed by atoms with Crippen molar-refractivity contribution in [2.24, 2.45) is 0 Å². The maximum absolute atomic E-state index is 13.0. The van der Waals surface area contributed by atoms with E-state index in [1.54, 1.807) is 12.1 Å². The Kier molecular flexibility index (Phi) is 4.02. The SMILES string of the molecule is O=C(c1scc2c1OCCO2)N1CCN(c2ccc(F)cc2)CC1. The highest BCUT2D eigenvalue weighted by Crippen LogP contribution is 2.40. The number of carbonyl (C=O) groups is 1. The number of piperazine rings is 1. The lowest BCUT2D eigenvalue weighted by Gasteiger charge is -2.36. The first-order valence-electron chi connectivity index (χ1n) is 7.89. The molecule has 0 aliphatic carbocycles. The Morgan fingerprint density at radius 2 is 1.75 bits per heavy atom. The molecule has 0 bridgehead atoms. The number of nitrogens with zero attached hydrogens (tertiary/aromatic N) is 2. The zero-order chi connectivity index (χ0) is 16.5. The zero-order valence-corrected chi connectivity index (χ0v) is 13.9. The van der Waals surface area contributed by atoms with Crippen molar-refractivity contribution >= 4 is 22.9 Å². The van der Waals surface area contributed by atoms with Crippen LogP contribution in [0.15, 0.2) is 29.6 Å². The Morgan fingerprint density at radius 1 is 1.04 bits per heavy atom. The topological polar surface area (TPSA) is 42.0 Å². The van der Waals surface area contributed by atoms with Gasteiger partial charge in [-0.2, -0.15) is 0 Å². The van der Waals surface area contributed by atoms with E-state index in [9.17, 15) is 9.18 Å². The molecular formula is C17H17FN2O3S. The summed E-state index contributed by atoms with van der Waals surface area (Å²) in [5.41, 5.74) is 0.980. The molecule has 7 heteroatoms. The highest BCUT2D eigenvalue weighted by atomic mass is 32.1. The molecule has 1 saturated heterocycles. The Morgan fingerprint density at radius 3 is 2.50 bits per heavy atom. The van der Waals surface area contributed by atoms with Gasteiger partial charge in [-0.05, 0) is 24.3 Å². The average molecular weight is 348 g/mol.